The van der Waals surface area contributed by atoms with Gasteiger partial charge in [-0.3, -0.25) is 19.3 Å². The summed E-state index contributed by atoms with van der Waals surface area (Å²) < 4.78 is 32.0. The lowest BCUT2D eigenvalue weighted by molar-refractivity contribution is -0.137. The number of aromatic nitrogens is 1. The average Bonchev–Trinajstić information content (AvgIpc) is 3.49. The van der Waals surface area contributed by atoms with Gasteiger partial charge in [-0.05, 0) is 69.2 Å². The third kappa shape index (κ3) is 3.34. The van der Waals surface area contributed by atoms with E-state index in [2.05, 4.69) is 0 Å². The van der Waals surface area contributed by atoms with Gasteiger partial charge in [0.15, 0.2) is 0 Å². The van der Waals surface area contributed by atoms with Crippen LogP contribution in [0.5, 0.6) is 0 Å². The number of carboxylic acid groups (broad SMARTS) is 1. The van der Waals surface area contributed by atoms with Gasteiger partial charge in [0.1, 0.15) is 17.3 Å². The van der Waals surface area contributed by atoms with E-state index in [0.29, 0.717) is 5.56 Å². The molecule has 1 N–H and O–H groups in total. The summed E-state index contributed by atoms with van der Waals surface area (Å²) >= 11 is 0. The predicted molar refractivity (Wildman–Crippen MR) is 111 cm³/mol. The number of aliphatic carboxylic acids is 1. The minimum absolute atomic E-state index is 0.0144. The van der Waals surface area contributed by atoms with E-state index in [-0.39, 0.29) is 47.8 Å². The summed E-state index contributed by atoms with van der Waals surface area (Å²) in [4.78, 5) is 38.4. The molecule has 2 heterocycles. The highest BCUT2D eigenvalue weighted by molar-refractivity contribution is 6.13. The second kappa shape index (κ2) is 7.28. The van der Waals surface area contributed by atoms with E-state index in [9.17, 15) is 14.4 Å². The molecule has 8 heteroatoms. The summed E-state index contributed by atoms with van der Waals surface area (Å²) in [6, 6.07) is 2.76. The Hall–Kier alpha value is -3.03. The Kier molecular flexibility index (Phi) is 4.98. The number of carboxylic acids is 1. The standard InChI is InChI=1S/C23H24F2N2O4/c1-12-8-10-26(9-4-5-16(28)29)21(30)19(12)27-20-15(24)11-14(13-6-7-13)18(25)17(20)23(2,3)22(27)31/h8,10-11,13H,4-7,9H2,1-3H3,(H,28,29). The van der Waals surface area contributed by atoms with Crippen LogP contribution in [0.1, 0.15) is 62.1 Å². The van der Waals surface area contributed by atoms with Crippen molar-refractivity contribution >= 4 is 23.3 Å². The first kappa shape index (κ1) is 21.2. The number of anilines is 2. The largest absolute Gasteiger partial charge is 0.481 e. The summed E-state index contributed by atoms with van der Waals surface area (Å²) in [5.74, 6) is -2.89. The van der Waals surface area contributed by atoms with Crippen LogP contribution in [0.4, 0.5) is 20.2 Å². The van der Waals surface area contributed by atoms with E-state index in [1.165, 1.54) is 24.6 Å². The molecule has 0 radical (unpaired) electrons. The number of pyridine rings is 1. The van der Waals surface area contributed by atoms with Crippen LogP contribution in [0.3, 0.4) is 0 Å². The molecule has 6 nitrogen and oxygen atoms in total. The number of carbonyl (C=O) groups is 2. The zero-order valence-corrected chi connectivity index (χ0v) is 17.7. The topological polar surface area (TPSA) is 79.6 Å². The number of rotatable bonds is 6. The summed E-state index contributed by atoms with van der Waals surface area (Å²) in [5.41, 5.74) is -1.41. The highest BCUT2D eigenvalue weighted by Crippen LogP contribution is 2.51. The molecule has 1 aromatic carbocycles. The number of halogens is 2. The van der Waals surface area contributed by atoms with Crippen molar-refractivity contribution in [3.8, 4) is 0 Å². The molecule has 0 saturated heterocycles. The van der Waals surface area contributed by atoms with Gasteiger partial charge in [0.05, 0.1) is 11.1 Å². The molecule has 0 bridgehead atoms. The maximum absolute atomic E-state index is 15.4. The quantitative estimate of drug-likeness (QED) is 0.747. The second-order valence-electron chi connectivity index (χ2n) is 8.87. The fraction of sp³-hybridized carbons (Fsp3) is 0.435. The van der Waals surface area contributed by atoms with Gasteiger partial charge in [-0.25, -0.2) is 8.78 Å². The van der Waals surface area contributed by atoms with Crippen molar-refractivity contribution in [2.45, 2.75) is 64.3 Å². The maximum atomic E-state index is 15.4. The normalized spacial score (nSPS) is 17.2. The number of carbonyl (C=O) groups excluding carboxylic acids is 1. The maximum Gasteiger partial charge on any atom is 0.303 e. The fourth-order valence-electron chi connectivity index (χ4n) is 4.32. The lowest BCUT2D eigenvalue weighted by Crippen LogP contribution is -2.38. The van der Waals surface area contributed by atoms with Crippen molar-refractivity contribution in [1.82, 2.24) is 4.57 Å². The van der Waals surface area contributed by atoms with E-state index in [0.717, 1.165) is 23.8 Å². The first-order chi connectivity index (χ1) is 14.6. The van der Waals surface area contributed by atoms with Crippen LogP contribution >= 0.6 is 0 Å². The van der Waals surface area contributed by atoms with Gasteiger partial charge in [-0.1, -0.05) is 0 Å². The molecule has 1 aliphatic heterocycles. The summed E-state index contributed by atoms with van der Waals surface area (Å²) in [5, 5.41) is 8.84. The van der Waals surface area contributed by atoms with Crippen LogP contribution in [-0.4, -0.2) is 21.6 Å². The Morgan fingerprint density at radius 2 is 1.90 bits per heavy atom. The number of hydrogen-bond acceptors (Lipinski definition) is 3. The Morgan fingerprint density at radius 1 is 1.23 bits per heavy atom. The monoisotopic (exact) mass is 430 g/mol. The molecule has 1 fully saturated rings. The molecule has 0 atom stereocenters. The number of nitrogens with zero attached hydrogens (tertiary/aromatic N) is 2. The van der Waals surface area contributed by atoms with E-state index in [4.69, 9.17) is 5.11 Å². The Morgan fingerprint density at radius 3 is 2.52 bits per heavy atom. The van der Waals surface area contributed by atoms with Gasteiger partial charge in [-0.2, -0.15) is 0 Å². The lowest BCUT2D eigenvalue weighted by Gasteiger charge is -2.22. The van der Waals surface area contributed by atoms with Crippen molar-refractivity contribution in [2.24, 2.45) is 0 Å². The Labute approximate surface area is 178 Å². The van der Waals surface area contributed by atoms with Crippen LogP contribution in [0, 0.1) is 18.6 Å². The molecule has 2 aromatic rings. The Bertz CT molecular complexity index is 1170. The molecular weight excluding hydrogens is 406 g/mol. The number of fused-ring (bicyclic) bond motifs is 1. The lowest BCUT2D eigenvalue weighted by atomic mass is 9.84. The number of aryl methyl sites for hydroxylation is 2. The Balaban J connectivity index is 1.87. The van der Waals surface area contributed by atoms with Crippen LogP contribution < -0.4 is 10.5 Å². The zero-order valence-electron chi connectivity index (χ0n) is 17.7. The molecule has 1 saturated carbocycles. The molecule has 0 unspecified atom stereocenters. The first-order valence-electron chi connectivity index (χ1n) is 10.3. The van der Waals surface area contributed by atoms with E-state index >= 15 is 8.78 Å². The zero-order chi connectivity index (χ0) is 22.7. The van der Waals surface area contributed by atoms with Gasteiger partial charge in [0.25, 0.3) is 5.56 Å². The van der Waals surface area contributed by atoms with Crippen molar-refractivity contribution < 1.29 is 23.5 Å². The molecule has 31 heavy (non-hydrogen) atoms. The van der Waals surface area contributed by atoms with E-state index in [1.807, 2.05) is 0 Å². The number of amides is 1. The molecular formula is C23H24F2N2O4. The molecule has 164 valence electrons. The summed E-state index contributed by atoms with van der Waals surface area (Å²) in [6.07, 6.45) is 3.19. The minimum Gasteiger partial charge on any atom is -0.481 e. The molecule has 1 aliphatic carbocycles. The molecule has 4 rings (SSSR count). The first-order valence-corrected chi connectivity index (χ1v) is 10.3. The van der Waals surface area contributed by atoms with Crippen LogP contribution in [0.25, 0.3) is 0 Å². The van der Waals surface area contributed by atoms with Gasteiger partial charge >= 0.3 is 5.97 Å². The number of hydrogen-bond donors (Lipinski definition) is 1. The van der Waals surface area contributed by atoms with Gasteiger partial charge in [-0.15, -0.1) is 0 Å². The second-order valence-corrected chi connectivity index (χ2v) is 8.87. The summed E-state index contributed by atoms with van der Waals surface area (Å²) in [7, 11) is 0. The highest BCUT2D eigenvalue weighted by atomic mass is 19.1. The van der Waals surface area contributed by atoms with E-state index < -0.39 is 34.5 Å². The molecule has 2 aliphatic rings. The van der Waals surface area contributed by atoms with Crippen molar-refractivity contribution in [2.75, 3.05) is 4.90 Å². The summed E-state index contributed by atoms with van der Waals surface area (Å²) in [6.45, 7) is 4.84. The van der Waals surface area contributed by atoms with Crippen molar-refractivity contribution in [1.29, 1.82) is 0 Å². The smallest absolute Gasteiger partial charge is 0.303 e. The van der Waals surface area contributed by atoms with Gasteiger partial charge in [0, 0.05) is 24.7 Å². The van der Waals surface area contributed by atoms with Gasteiger partial charge in [0.2, 0.25) is 5.91 Å². The van der Waals surface area contributed by atoms with Crippen LogP contribution in [0.2, 0.25) is 0 Å². The molecule has 1 aromatic heterocycles. The van der Waals surface area contributed by atoms with Crippen molar-refractivity contribution in [3.63, 3.8) is 0 Å². The van der Waals surface area contributed by atoms with Crippen LogP contribution in [-0.2, 0) is 21.5 Å². The minimum atomic E-state index is -1.34. The third-order valence-corrected chi connectivity index (χ3v) is 6.18. The highest BCUT2D eigenvalue weighted by Gasteiger charge is 2.50. The molecule has 1 amide bonds. The van der Waals surface area contributed by atoms with Gasteiger partial charge < -0.3 is 9.67 Å². The van der Waals surface area contributed by atoms with Crippen molar-refractivity contribution in [3.05, 3.63) is 57.0 Å². The number of benzene rings is 1. The third-order valence-electron chi connectivity index (χ3n) is 6.18. The fourth-order valence-corrected chi connectivity index (χ4v) is 4.32. The van der Waals surface area contributed by atoms with Crippen LogP contribution in [0.15, 0.2) is 23.1 Å². The molecule has 0 spiro atoms. The predicted octanol–water partition coefficient (Wildman–Crippen LogP) is 4.13. The van der Waals surface area contributed by atoms with E-state index in [1.54, 1.807) is 13.0 Å². The average molecular weight is 430 g/mol. The SMILES string of the molecule is Cc1ccn(CCCC(=O)O)c(=O)c1N1C(=O)C(C)(C)c2c(F)c(C3CC3)cc(F)c21.